The molecule has 1 aliphatic heterocycles. The Morgan fingerprint density at radius 2 is 1.42 bits per heavy atom. The lowest BCUT2D eigenvalue weighted by Gasteiger charge is -2.41. The van der Waals surface area contributed by atoms with Gasteiger partial charge in [-0.25, -0.2) is 9.59 Å². The number of Topliss-reactive ketones (excluding diaryl/α,β-unsaturated/α-hetero) is 2. The molecule has 1 heterocycles. The van der Waals surface area contributed by atoms with Crippen LogP contribution in [-0.4, -0.2) is 181 Å². The van der Waals surface area contributed by atoms with E-state index >= 15 is 0 Å². The number of anilines is 1. The molecule has 8 N–H and O–H groups in total. The number of aliphatic hydroxyl groups is 1. The number of likely N-dealkylation sites (tertiary alicyclic amines) is 1. The number of nitrogens with one attached hydrogen (secondary N) is 5. The van der Waals surface area contributed by atoms with Gasteiger partial charge in [0.05, 0.1) is 65.6 Å². The van der Waals surface area contributed by atoms with E-state index in [1.165, 1.54) is 44.0 Å². The topological polar surface area (TPSA) is 332 Å². The first-order chi connectivity index (χ1) is 45.4. The number of benzene rings is 2. The molecule has 24 nitrogen and oxygen atoms in total. The molecule has 0 radical (unpaired) electrons. The lowest BCUT2D eigenvalue weighted by atomic mass is 9.89. The molecule has 25 heteroatoms. The zero-order valence-corrected chi connectivity index (χ0v) is 59.9. The van der Waals surface area contributed by atoms with Crippen molar-refractivity contribution in [1.29, 1.82) is 0 Å². The van der Waals surface area contributed by atoms with Crippen molar-refractivity contribution in [2.75, 3.05) is 53.0 Å². The molecule has 1 fully saturated rings. The van der Waals surface area contributed by atoms with Gasteiger partial charge in [0.25, 0.3) is 0 Å². The Morgan fingerprint density at radius 1 is 0.760 bits per heavy atom. The van der Waals surface area contributed by atoms with Crippen molar-refractivity contribution in [1.82, 2.24) is 36.0 Å². The average molecular weight is 1360 g/mol. The van der Waals surface area contributed by atoms with E-state index in [4.69, 9.17) is 19.9 Å². The van der Waals surface area contributed by atoms with Gasteiger partial charge >= 0.3 is 12.1 Å². The molecule has 1 aliphatic carbocycles. The van der Waals surface area contributed by atoms with E-state index in [9.17, 15) is 57.8 Å². The van der Waals surface area contributed by atoms with Gasteiger partial charge in [-0.15, -0.1) is 11.8 Å². The van der Waals surface area contributed by atoms with E-state index in [1.54, 1.807) is 115 Å². The van der Waals surface area contributed by atoms with Crippen molar-refractivity contribution in [3.8, 4) is 0 Å². The number of carbonyl (C=O) groups is 11. The molecule has 0 aromatic heterocycles. The van der Waals surface area contributed by atoms with Crippen molar-refractivity contribution < 1.29 is 72.1 Å². The van der Waals surface area contributed by atoms with Gasteiger partial charge in [-0.1, -0.05) is 124 Å². The number of urea groups is 1. The number of hydrogen-bond acceptors (Lipinski definition) is 16. The van der Waals surface area contributed by atoms with E-state index in [-0.39, 0.29) is 85.7 Å². The maximum atomic E-state index is 14.8. The van der Waals surface area contributed by atoms with E-state index in [0.29, 0.717) is 79.6 Å². The van der Waals surface area contributed by atoms with Gasteiger partial charge in [0.15, 0.2) is 17.3 Å². The number of allylic oxidation sites excluding steroid dienone is 2. The van der Waals surface area contributed by atoms with E-state index in [1.807, 2.05) is 32.0 Å². The molecule has 9 amide bonds. The molecule has 13 atom stereocenters. The zero-order chi connectivity index (χ0) is 71.7. The van der Waals surface area contributed by atoms with Crippen LogP contribution in [0.3, 0.4) is 0 Å². The van der Waals surface area contributed by atoms with Gasteiger partial charge in [0.2, 0.25) is 35.4 Å². The fourth-order valence-electron chi connectivity index (χ4n) is 12.8. The summed E-state index contributed by atoms with van der Waals surface area (Å²) in [6, 6.07) is 10.1. The highest BCUT2D eigenvalue weighted by molar-refractivity contribution is 8.03. The number of likely N-dealkylation sites (N-methyl/N-ethyl adjacent to an activating group) is 2. The maximum Gasteiger partial charge on any atom is 0.410 e. The molecule has 4 rings (SSSR count). The largest absolute Gasteiger partial charge is 0.445 e. The molecule has 0 spiro atoms. The van der Waals surface area contributed by atoms with Gasteiger partial charge in [-0.05, 0) is 105 Å². The summed E-state index contributed by atoms with van der Waals surface area (Å²) in [6.45, 7) is 18.5. The summed E-state index contributed by atoms with van der Waals surface area (Å²) in [5.74, 6) is -6.63. The number of thioether (sulfide) groups is 1. The van der Waals surface area contributed by atoms with Crippen LogP contribution in [0, 0.1) is 41.4 Å². The van der Waals surface area contributed by atoms with Crippen molar-refractivity contribution in [3.63, 3.8) is 0 Å². The Morgan fingerprint density at radius 3 is 1.99 bits per heavy atom. The van der Waals surface area contributed by atoms with E-state index in [2.05, 4.69) is 26.6 Å². The minimum absolute atomic E-state index is 0.0898. The van der Waals surface area contributed by atoms with E-state index in [0.717, 1.165) is 0 Å². The predicted octanol–water partition coefficient (Wildman–Crippen LogP) is 7.65. The Bertz CT molecular complexity index is 2970. The molecule has 96 heavy (non-hydrogen) atoms. The monoisotopic (exact) mass is 1360 g/mol. The molecule has 0 bridgehead atoms. The number of ether oxygens (including phenoxy) is 3. The third-order valence-corrected chi connectivity index (χ3v) is 19.4. The number of unbranched alkanes of at least 4 members (excludes halogenated alkanes) is 2. The molecule has 534 valence electrons. The number of ketones is 3. The lowest BCUT2D eigenvalue weighted by Crippen LogP contribution is -2.60. The summed E-state index contributed by atoms with van der Waals surface area (Å²) in [6.07, 6.45) is 4.27. The number of aliphatic hydroxyl groups excluding tert-OH is 1. The Hall–Kier alpha value is -7.22. The second kappa shape index (κ2) is 39.9. The second-order valence-corrected chi connectivity index (χ2v) is 27.6. The highest BCUT2D eigenvalue weighted by Gasteiger charge is 2.44. The summed E-state index contributed by atoms with van der Waals surface area (Å²) >= 11 is 1.26. The third-order valence-electron chi connectivity index (χ3n) is 18.6. The van der Waals surface area contributed by atoms with Crippen LogP contribution in [0.25, 0.3) is 0 Å². The molecule has 2 aromatic rings. The van der Waals surface area contributed by atoms with Crippen LogP contribution in [0.15, 0.2) is 65.6 Å². The number of carbonyl (C=O) groups excluding carboxylic acids is 11. The summed E-state index contributed by atoms with van der Waals surface area (Å²) in [5, 5.41) is 25.1. The van der Waals surface area contributed by atoms with Crippen molar-refractivity contribution >= 4 is 82.4 Å². The molecular formula is C71H109N9O15S. The standard InChI is InChI=1S/C71H109N9O15S/c1-16-44(8)62(55(93-13)39-58(84)80-36-24-29-52(80)65(94-14)45(9)66(87)74-46(10)63(85)48-25-19-17-20-26-48)78(11)69(90)60(42(4)5)77-68(89)61(43(6)7)79(12)71(92)95-40-47-31-33-50(34-32-47)75-67(88)49(27-23-35-73-70(72)91)37-54(82)59(41(2)3)76-57(83)30-22-18-21-28-51-53(81)38-56(96-15)64(51)86/h17,19-20,25-26,31-34,38,41-46,49,51-52,55,59-63,65,85H,16,18,21-24,27-30,35-37,39-40H2,1-15H3,(H,74,87)(H,75,88)(H,76,83)(H,77,89)(H3,72,73,91)/t44-,45+,46+,49+,51?,52-,55+,59-,60-,61-,62-,63+,65+/m0/s1. The molecule has 2 aromatic carbocycles. The quantitative estimate of drug-likeness (QED) is 0.0249. The molecule has 1 unspecified atom stereocenters. The highest BCUT2D eigenvalue weighted by atomic mass is 32.2. The smallest absolute Gasteiger partial charge is 0.410 e. The number of primary amides is 1. The van der Waals surface area contributed by atoms with Crippen LogP contribution in [0.5, 0.6) is 0 Å². The Kier molecular flexibility index (Phi) is 33.7. The predicted molar refractivity (Wildman–Crippen MR) is 368 cm³/mol. The molecule has 1 saturated heterocycles. The number of hydrogen-bond donors (Lipinski definition) is 7. The van der Waals surface area contributed by atoms with Gasteiger partial charge in [0.1, 0.15) is 18.7 Å². The van der Waals surface area contributed by atoms with Gasteiger partial charge < -0.3 is 61.4 Å². The molecular weight excluding hydrogens is 1250 g/mol. The normalized spacial score (nSPS) is 18.2. The minimum Gasteiger partial charge on any atom is -0.445 e. The van der Waals surface area contributed by atoms with Gasteiger partial charge in [-0.2, -0.15) is 0 Å². The number of nitrogens with two attached hydrogens (primary N) is 1. The fraction of sp³-hybridized carbons (Fsp3) is 0.648. The maximum absolute atomic E-state index is 14.8. The summed E-state index contributed by atoms with van der Waals surface area (Å²) < 4.78 is 17.8. The lowest BCUT2D eigenvalue weighted by molar-refractivity contribution is -0.148. The molecule has 2 aliphatic rings. The van der Waals surface area contributed by atoms with Crippen LogP contribution < -0.4 is 32.3 Å². The number of rotatable bonds is 40. The second-order valence-electron chi connectivity index (χ2n) is 26.7. The fourth-order valence-corrected chi connectivity index (χ4v) is 13.4. The number of methoxy groups -OCH3 is 2. The first kappa shape index (κ1) is 81.2. The summed E-state index contributed by atoms with van der Waals surface area (Å²) in [7, 11) is 6.10. The zero-order valence-electron chi connectivity index (χ0n) is 59.1. The van der Waals surface area contributed by atoms with E-state index < -0.39 is 114 Å². The number of amides is 9. The van der Waals surface area contributed by atoms with Crippen LogP contribution in [0.1, 0.15) is 164 Å². The van der Waals surface area contributed by atoms with Crippen LogP contribution in [0.2, 0.25) is 0 Å². The van der Waals surface area contributed by atoms with Crippen molar-refractivity contribution in [3.05, 3.63) is 76.7 Å². The van der Waals surface area contributed by atoms with Crippen molar-refractivity contribution in [2.24, 2.45) is 47.2 Å². The van der Waals surface area contributed by atoms with Gasteiger partial charge in [0, 0.05) is 65.9 Å². The van der Waals surface area contributed by atoms with Gasteiger partial charge in [-0.3, -0.25) is 48.1 Å². The third kappa shape index (κ3) is 23.5. The summed E-state index contributed by atoms with van der Waals surface area (Å²) in [5.41, 5.74) is 6.86. The Balaban J connectivity index is 1.37. The first-order valence-electron chi connectivity index (χ1n) is 33.9. The minimum atomic E-state index is -1.08. The first-order valence-corrected chi connectivity index (χ1v) is 35.1. The molecule has 0 saturated carbocycles. The van der Waals surface area contributed by atoms with Crippen LogP contribution >= 0.6 is 11.8 Å². The SMILES string of the molecule is CC[C@H](C)[C@@H]([C@@H](CC(=O)N1CCC[C@H]1[C@H](OC)[C@@H](C)C(=O)N[C@H](C)[C@@H](O)c1ccccc1)OC)N(C)C(=O)[C@@H](NC(=O)[C@H](C(C)C)N(C)C(=O)OCc1ccc(NC(=O)[C@H](CCCNC(N)=O)CC(=O)[C@@H](NC(=O)CCCCCC2C(=O)C=C(SC)C2=O)C(C)C)cc1)C(C)C. The van der Waals surface area contributed by atoms with Crippen molar-refractivity contribution in [2.45, 2.75) is 207 Å². The number of nitrogens with zero attached hydrogens (tertiary/aromatic N) is 3. The Labute approximate surface area is 572 Å². The van der Waals surface area contributed by atoms with Crippen LogP contribution in [0.4, 0.5) is 15.3 Å². The highest BCUT2D eigenvalue weighted by Crippen LogP contribution is 2.32. The summed E-state index contributed by atoms with van der Waals surface area (Å²) in [4.78, 5) is 153. The average Bonchev–Trinajstić information content (AvgIpc) is 1.42. The van der Waals surface area contributed by atoms with Crippen LogP contribution in [-0.2, 0) is 64.0 Å².